The fraction of sp³-hybridized carbons (Fsp3) is 0.833. The van der Waals surface area contributed by atoms with E-state index < -0.39 is 6.10 Å². The van der Waals surface area contributed by atoms with Gasteiger partial charge in [-0.2, -0.15) is 0 Å². The quantitative estimate of drug-likeness (QED) is 0.0261. The van der Waals surface area contributed by atoms with Crippen molar-refractivity contribution in [1.82, 2.24) is 0 Å². The monoisotopic (exact) mass is 1010 g/mol. The molecule has 0 rings (SSSR count). The van der Waals surface area contributed by atoms with Crippen LogP contribution < -0.4 is 0 Å². The molecule has 0 aromatic rings. The van der Waals surface area contributed by atoms with Gasteiger partial charge in [-0.1, -0.05) is 307 Å². The Kier molecular flexibility index (Phi) is 58.7. The van der Waals surface area contributed by atoms with Crippen molar-refractivity contribution in [3.63, 3.8) is 0 Å². The van der Waals surface area contributed by atoms with E-state index in [-0.39, 0.29) is 31.1 Å². The zero-order valence-corrected chi connectivity index (χ0v) is 48.2. The van der Waals surface area contributed by atoms with E-state index in [4.69, 9.17) is 14.2 Å². The number of carbonyl (C=O) groups is 3. The minimum atomic E-state index is -0.773. The number of esters is 3. The molecule has 0 amide bonds. The van der Waals surface area contributed by atoms with Crippen LogP contribution >= 0.6 is 0 Å². The van der Waals surface area contributed by atoms with Gasteiger partial charge in [0.25, 0.3) is 0 Å². The van der Waals surface area contributed by atoms with Crippen LogP contribution in [0.15, 0.2) is 48.6 Å². The van der Waals surface area contributed by atoms with Gasteiger partial charge in [0.1, 0.15) is 13.2 Å². The molecule has 0 N–H and O–H groups in total. The number of hydrogen-bond donors (Lipinski definition) is 0. The Labute approximate surface area is 448 Å². The van der Waals surface area contributed by atoms with E-state index >= 15 is 0 Å². The molecule has 0 heterocycles. The summed E-state index contributed by atoms with van der Waals surface area (Å²) in [6, 6.07) is 0. The van der Waals surface area contributed by atoms with Gasteiger partial charge >= 0.3 is 17.9 Å². The fourth-order valence-electron chi connectivity index (χ4n) is 9.38. The third-order valence-electron chi connectivity index (χ3n) is 14.1. The Morgan fingerprint density at radius 2 is 0.542 bits per heavy atom. The molecule has 6 nitrogen and oxygen atoms in total. The molecule has 0 aliphatic carbocycles. The molecule has 0 aromatic carbocycles. The third kappa shape index (κ3) is 58.3. The lowest BCUT2D eigenvalue weighted by molar-refractivity contribution is -0.167. The van der Waals surface area contributed by atoms with Crippen LogP contribution in [-0.2, 0) is 28.6 Å². The molecule has 0 aromatic heterocycles. The third-order valence-corrected chi connectivity index (χ3v) is 14.1. The number of ether oxygens (including phenoxy) is 3. The minimum absolute atomic E-state index is 0.0703. The maximum absolute atomic E-state index is 12.9. The maximum atomic E-state index is 12.9. The summed E-state index contributed by atoms with van der Waals surface area (Å²) in [5, 5.41) is 0. The summed E-state index contributed by atoms with van der Waals surface area (Å²) in [6.07, 6.45) is 75.4. The Bertz CT molecular complexity index is 1250. The van der Waals surface area contributed by atoms with Crippen LogP contribution in [0.5, 0.6) is 0 Å². The Morgan fingerprint density at radius 1 is 0.292 bits per heavy atom. The Morgan fingerprint density at radius 3 is 0.847 bits per heavy atom. The van der Waals surface area contributed by atoms with Crippen molar-refractivity contribution in [3.05, 3.63) is 48.6 Å². The first-order chi connectivity index (χ1) is 35.5. The summed E-state index contributed by atoms with van der Waals surface area (Å²) in [5.41, 5.74) is 0. The van der Waals surface area contributed by atoms with E-state index in [1.54, 1.807) is 0 Å². The van der Waals surface area contributed by atoms with Gasteiger partial charge in [0, 0.05) is 19.3 Å². The largest absolute Gasteiger partial charge is 0.462 e. The van der Waals surface area contributed by atoms with E-state index in [0.717, 1.165) is 89.9 Å². The summed E-state index contributed by atoms with van der Waals surface area (Å²) in [7, 11) is 0. The molecule has 0 aliphatic heterocycles. The maximum Gasteiger partial charge on any atom is 0.306 e. The zero-order chi connectivity index (χ0) is 52.2. The summed E-state index contributed by atoms with van der Waals surface area (Å²) in [4.78, 5) is 38.3. The standard InChI is InChI=1S/C66H120O6/c1-4-7-10-13-16-19-22-25-28-30-32-33-35-36-38-41-44-47-50-53-56-59-65(68)71-62-63(61-70-64(67)58-55-52-49-46-43-40-27-24-21-18-15-12-9-6-3)72-66(69)60-57-54-51-48-45-42-39-37-34-31-29-26-23-20-17-14-11-8-5-2/h7,10,16,19,25,28,32-33,63H,4-6,8-9,11-15,17-18,20-24,26-27,29-31,34-62H2,1-3H3/b10-7-,19-16-,28-25-,33-32-. The van der Waals surface area contributed by atoms with Crippen LogP contribution in [0.2, 0.25) is 0 Å². The second-order valence-corrected chi connectivity index (χ2v) is 21.3. The molecular formula is C66H120O6. The molecule has 0 bridgehead atoms. The van der Waals surface area contributed by atoms with Gasteiger partial charge in [0.05, 0.1) is 0 Å². The van der Waals surface area contributed by atoms with Gasteiger partial charge in [-0.15, -0.1) is 0 Å². The molecule has 420 valence electrons. The normalized spacial score (nSPS) is 12.3. The number of unbranched alkanes of at least 4 members (excludes halogenated alkanes) is 39. The first-order valence-electron chi connectivity index (χ1n) is 31.6. The van der Waals surface area contributed by atoms with Crippen molar-refractivity contribution in [1.29, 1.82) is 0 Å². The van der Waals surface area contributed by atoms with Crippen molar-refractivity contribution in [2.45, 2.75) is 341 Å². The van der Waals surface area contributed by atoms with Gasteiger partial charge in [0.2, 0.25) is 0 Å². The summed E-state index contributed by atoms with van der Waals surface area (Å²) in [5.74, 6) is -0.855. The van der Waals surface area contributed by atoms with Gasteiger partial charge in [-0.25, -0.2) is 0 Å². The Balaban J connectivity index is 4.32. The van der Waals surface area contributed by atoms with Crippen molar-refractivity contribution < 1.29 is 28.6 Å². The van der Waals surface area contributed by atoms with Crippen LogP contribution in [0.25, 0.3) is 0 Å². The highest BCUT2D eigenvalue weighted by Crippen LogP contribution is 2.18. The minimum Gasteiger partial charge on any atom is -0.462 e. The molecular weight excluding hydrogens is 889 g/mol. The topological polar surface area (TPSA) is 78.9 Å². The second-order valence-electron chi connectivity index (χ2n) is 21.3. The van der Waals surface area contributed by atoms with Crippen LogP contribution in [0, 0.1) is 0 Å². The lowest BCUT2D eigenvalue weighted by Gasteiger charge is -2.18. The number of rotatable bonds is 58. The molecule has 1 atom stereocenters. The predicted molar refractivity (Wildman–Crippen MR) is 312 cm³/mol. The molecule has 0 saturated heterocycles. The smallest absolute Gasteiger partial charge is 0.306 e. The first kappa shape index (κ1) is 69.4. The number of carbonyl (C=O) groups excluding carboxylic acids is 3. The fourth-order valence-corrected chi connectivity index (χ4v) is 9.38. The van der Waals surface area contributed by atoms with Crippen molar-refractivity contribution in [2.24, 2.45) is 0 Å². The highest BCUT2D eigenvalue weighted by atomic mass is 16.6. The van der Waals surface area contributed by atoms with Gasteiger partial charge in [0.15, 0.2) is 6.10 Å². The molecule has 0 aliphatic rings. The van der Waals surface area contributed by atoms with Crippen LogP contribution in [0.1, 0.15) is 335 Å². The summed E-state index contributed by atoms with van der Waals surface area (Å²) < 4.78 is 16.9. The summed E-state index contributed by atoms with van der Waals surface area (Å²) >= 11 is 0. The summed E-state index contributed by atoms with van der Waals surface area (Å²) in [6.45, 7) is 6.58. The van der Waals surface area contributed by atoms with E-state index in [2.05, 4.69) is 69.4 Å². The van der Waals surface area contributed by atoms with Crippen molar-refractivity contribution in [3.8, 4) is 0 Å². The molecule has 0 spiro atoms. The van der Waals surface area contributed by atoms with Crippen LogP contribution in [-0.4, -0.2) is 37.2 Å². The number of allylic oxidation sites excluding steroid dienone is 8. The van der Waals surface area contributed by atoms with Gasteiger partial charge in [-0.05, 0) is 57.8 Å². The van der Waals surface area contributed by atoms with E-state index in [1.165, 1.54) is 205 Å². The molecule has 0 radical (unpaired) electrons. The lowest BCUT2D eigenvalue weighted by atomic mass is 10.0. The highest BCUT2D eigenvalue weighted by Gasteiger charge is 2.19. The lowest BCUT2D eigenvalue weighted by Crippen LogP contribution is -2.30. The number of hydrogen-bond acceptors (Lipinski definition) is 6. The molecule has 0 saturated carbocycles. The molecule has 72 heavy (non-hydrogen) atoms. The Hall–Kier alpha value is -2.63. The highest BCUT2D eigenvalue weighted by molar-refractivity contribution is 5.71. The van der Waals surface area contributed by atoms with E-state index in [1.807, 2.05) is 0 Å². The van der Waals surface area contributed by atoms with Crippen LogP contribution in [0.4, 0.5) is 0 Å². The first-order valence-corrected chi connectivity index (χ1v) is 31.6. The van der Waals surface area contributed by atoms with Crippen molar-refractivity contribution >= 4 is 17.9 Å². The van der Waals surface area contributed by atoms with Gasteiger partial charge < -0.3 is 14.2 Å². The SMILES string of the molecule is CC/C=C\C/C=C\C/C=C\C/C=C\CCCCCCCCCCC(=O)OCC(COC(=O)CCCCCCCCCCCCCCCC)OC(=O)CCCCCCCCCCCCCCCCCCCCC. The predicted octanol–water partition coefficient (Wildman–Crippen LogP) is 21.4. The van der Waals surface area contributed by atoms with Crippen molar-refractivity contribution in [2.75, 3.05) is 13.2 Å². The average molecular weight is 1010 g/mol. The second kappa shape index (κ2) is 60.9. The zero-order valence-electron chi connectivity index (χ0n) is 48.2. The van der Waals surface area contributed by atoms with E-state index in [0.29, 0.717) is 19.3 Å². The average Bonchev–Trinajstić information content (AvgIpc) is 3.38. The van der Waals surface area contributed by atoms with E-state index in [9.17, 15) is 14.4 Å². The van der Waals surface area contributed by atoms with Gasteiger partial charge in [-0.3, -0.25) is 14.4 Å². The molecule has 1 unspecified atom stereocenters. The molecule has 6 heteroatoms. The van der Waals surface area contributed by atoms with Crippen LogP contribution in [0.3, 0.4) is 0 Å². The molecule has 0 fully saturated rings.